The minimum absolute atomic E-state index is 0.253. The van der Waals surface area contributed by atoms with Crippen LogP contribution in [0.2, 0.25) is 0 Å². The van der Waals surface area contributed by atoms with Crippen molar-refractivity contribution in [2.75, 3.05) is 23.1 Å². The molecule has 2 heterocycles. The normalized spacial score (nSPS) is 12.7. The molecule has 2 aromatic heterocycles. The zero-order valence-electron chi connectivity index (χ0n) is 19.0. The fraction of sp³-hybridized carbons (Fsp3) is 0.192. The van der Waals surface area contributed by atoms with Gasteiger partial charge in [-0.3, -0.25) is 4.79 Å². The first kappa shape index (κ1) is 22.7. The minimum atomic E-state index is -0.486. The zero-order valence-corrected chi connectivity index (χ0v) is 19.9. The van der Waals surface area contributed by atoms with Crippen molar-refractivity contribution in [1.29, 1.82) is 0 Å². The number of nitrogens with one attached hydrogen (secondary N) is 3. The van der Waals surface area contributed by atoms with Crippen molar-refractivity contribution in [3.63, 3.8) is 0 Å². The minimum Gasteiger partial charge on any atom is -0.467 e. The summed E-state index contributed by atoms with van der Waals surface area (Å²) in [5.74, 6) is -0.0557. The van der Waals surface area contributed by atoms with Gasteiger partial charge in [0.15, 0.2) is 5.13 Å². The van der Waals surface area contributed by atoms with Gasteiger partial charge in [0.2, 0.25) is 0 Å². The summed E-state index contributed by atoms with van der Waals surface area (Å²) in [5, 5.41) is 10.3. The van der Waals surface area contributed by atoms with Crippen LogP contribution < -0.4 is 16.0 Å². The van der Waals surface area contributed by atoms with Crippen LogP contribution in [0.3, 0.4) is 0 Å². The maximum atomic E-state index is 13.0. The molecule has 5 rings (SSSR count). The van der Waals surface area contributed by atoms with E-state index in [0.717, 1.165) is 18.6 Å². The average Bonchev–Trinajstić information content (AvgIpc) is 3.63. The highest BCUT2D eigenvalue weighted by atomic mass is 32.1. The topological polar surface area (TPSA) is 105 Å². The summed E-state index contributed by atoms with van der Waals surface area (Å²) in [6, 6.07) is 17.3. The molecule has 0 unspecified atom stereocenters. The maximum absolute atomic E-state index is 13.0. The predicted molar refractivity (Wildman–Crippen MR) is 135 cm³/mol. The highest BCUT2D eigenvalue weighted by Gasteiger charge is 2.22. The Morgan fingerprint density at radius 3 is 2.60 bits per heavy atom. The van der Waals surface area contributed by atoms with Crippen molar-refractivity contribution < 1.29 is 18.7 Å². The molecule has 0 saturated heterocycles. The Morgan fingerprint density at radius 2 is 1.89 bits per heavy atom. The second-order valence-electron chi connectivity index (χ2n) is 8.19. The van der Waals surface area contributed by atoms with E-state index in [0.29, 0.717) is 33.5 Å². The molecule has 1 aliphatic carbocycles. The number of fused-ring (bicyclic) bond motifs is 1. The van der Waals surface area contributed by atoms with Crippen LogP contribution in [0.4, 0.5) is 16.5 Å². The molecule has 0 aliphatic heterocycles. The second kappa shape index (κ2) is 10.0. The molecule has 178 valence electrons. The monoisotopic (exact) mass is 488 g/mol. The lowest BCUT2D eigenvalue weighted by Crippen LogP contribution is -2.19. The summed E-state index contributed by atoms with van der Waals surface area (Å²) < 4.78 is 10.2. The van der Waals surface area contributed by atoms with Gasteiger partial charge in [-0.25, -0.2) is 9.78 Å². The number of methoxy groups -OCH3 is 1. The van der Waals surface area contributed by atoms with Crippen LogP contribution in [-0.2, 0) is 24.1 Å². The zero-order chi connectivity index (χ0) is 24.2. The van der Waals surface area contributed by atoms with E-state index >= 15 is 0 Å². The molecule has 3 N–H and O–H groups in total. The SMILES string of the molecule is COC(=O)c1ccc(NCc2ccco2)c(NC(=O)c2cnc(NC3Cc4ccccc4C3)s2)c1. The highest BCUT2D eigenvalue weighted by Crippen LogP contribution is 2.29. The Kier molecular flexibility index (Phi) is 6.49. The van der Waals surface area contributed by atoms with Gasteiger partial charge in [0.05, 0.1) is 43.1 Å². The third-order valence-electron chi connectivity index (χ3n) is 5.83. The van der Waals surface area contributed by atoms with Gasteiger partial charge in [0, 0.05) is 6.04 Å². The molecule has 35 heavy (non-hydrogen) atoms. The van der Waals surface area contributed by atoms with Crippen molar-refractivity contribution in [3.8, 4) is 0 Å². The number of aromatic nitrogens is 1. The Bertz CT molecular complexity index is 1320. The molecule has 0 bridgehead atoms. The second-order valence-corrected chi connectivity index (χ2v) is 9.22. The summed E-state index contributed by atoms with van der Waals surface area (Å²) in [6.07, 6.45) is 5.02. The quantitative estimate of drug-likeness (QED) is 0.301. The summed E-state index contributed by atoms with van der Waals surface area (Å²) in [7, 11) is 1.32. The van der Waals surface area contributed by atoms with Crippen LogP contribution in [0.25, 0.3) is 0 Å². The standard InChI is InChI=1S/C26H24N4O4S/c1-33-25(32)18-8-9-21(27-14-20-7-4-10-34-20)22(13-18)30-24(31)23-15-28-26(35-23)29-19-11-16-5-2-3-6-17(16)12-19/h2-10,13,15,19,27H,11-12,14H2,1H3,(H,28,29)(H,30,31). The molecular formula is C26H24N4O4S. The van der Waals surface area contributed by atoms with Gasteiger partial charge in [-0.2, -0.15) is 0 Å². The lowest BCUT2D eigenvalue weighted by Gasteiger charge is -2.13. The first-order valence-corrected chi connectivity index (χ1v) is 12.0. The molecule has 0 fully saturated rings. The highest BCUT2D eigenvalue weighted by molar-refractivity contribution is 7.17. The van der Waals surface area contributed by atoms with Crippen LogP contribution in [0.15, 0.2) is 71.5 Å². The maximum Gasteiger partial charge on any atom is 0.337 e. The van der Waals surface area contributed by atoms with Gasteiger partial charge in [-0.15, -0.1) is 0 Å². The Hall–Kier alpha value is -4.11. The first-order chi connectivity index (χ1) is 17.1. The van der Waals surface area contributed by atoms with Crippen LogP contribution in [-0.4, -0.2) is 30.0 Å². The van der Waals surface area contributed by atoms with Crippen LogP contribution in [0.1, 0.15) is 36.9 Å². The smallest absolute Gasteiger partial charge is 0.337 e. The molecule has 1 aliphatic rings. The molecule has 0 atom stereocenters. The Morgan fingerprint density at radius 1 is 1.09 bits per heavy atom. The van der Waals surface area contributed by atoms with Crippen LogP contribution in [0, 0.1) is 0 Å². The lowest BCUT2D eigenvalue weighted by atomic mass is 10.1. The molecule has 9 heteroatoms. The Balaban J connectivity index is 1.28. The average molecular weight is 489 g/mol. The van der Waals surface area contributed by atoms with E-state index in [2.05, 4.69) is 45.2 Å². The molecule has 4 aromatic rings. The fourth-order valence-electron chi connectivity index (χ4n) is 4.11. The van der Waals surface area contributed by atoms with Crippen LogP contribution >= 0.6 is 11.3 Å². The molecule has 0 saturated carbocycles. The van der Waals surface area contributed by atoms with Gasteiger partial charge in [-0.05, 0) is 54.3 Å². The van der Waals surface area contributed by atoms with Crippen molar-refractivity contribution in [2.45, 2.75) is 25.4 Å². The number of amides is 1. The lowest BCUT2D eigenvalue weighted by molar-refractivity contribution is 0.0600. The first-order valence-electron chi connectivity index (χ1n) is 11.2. The van der Waals surface area contributed by atoms with Gasteiger partial charge < -0.3 is 25.1 Å². The molecule has 0 radical (unpaired) electrons. The van der Waals surface area contributed by atoms with E-state index in [4.69, 9.17) is 9.15 Å². The van der Waals surface area contributed by atoms with Crippen LogP contribution in [0.5, 0.6) is 0 Å². The largest absolute Gasteiger partial charge is 0.467 e. The van der Waals surface area contributed by atoms with E-state index in [9.17, 15) is 9.59 Å². The molecule has 1 amide bonds. The number of benzene rings is 2. The number of rotatable bonds is 8. The van der Waals surface area contributed by atoms with E-state index in [-0.39, 0.29) is 11.9 Å². The third kappa shape index (κ3) is 5.20. The van der Waals surface area contributed by atoms with E-state index in [1.807, 2.05) is 6.07 Å². The van der Waals surface area contributed by atoms with Gasteiger partial charge >= 0.3 is 5.97 Å². The number of carbonyl (C=O) groups excluding carboxylic acids is 2. The number of carbonyl (C=O) groups is 2. The van der Waals surface area contributed by atoms with Crippen molar-refractivity contribution >= 4 is 39.7 Å². The van der Waals surface area contributed by atoms with Gasteiger partial charge in [-0.1, -0.05) is 35.6 Å². The number of anilines is 3. The van der Waals surface area contributed by atoms with Crippen molar-refractivity contribution in [1.82, 2.24) is 4.98 Å². The summed E-state index contributed by atoms with van der Waals surface area (Å²) >= 11 is 1.30. The summed E-state index contributed by atoms with van der Waals surface area (Å²) in [4.78, 5) is 30.0. The van der Waals surface area contributed by atoms with E-state index in [1.54, 1.807) is 36.7 Å². The number of hydrogen-bond donors (Lipinski definition) is 3. The molecular weight excluding hydrogens is 464 g/mol. The number of furan rings is 1. The number of nitrogens with zero attached hydrogens (tertiary/aromatic N) is 1. The Labute approximate surface area is 206 Å². The number of thiazole rings is 1. The number of ether oxygens (including phenoxy) is 1. The third-order valence-corrected chi connectivity index (χ3v) is 6.76. The summed E-state index contributed by atoms with van der Waals surface area (Å²) in [5.41, 5.74) is 4.13. The van der Waals surface area contributed by atoms with E-state index < -0.39 is 5.97 Å². The predicted octanol–water partition coefficient (Wildman–Crippen LogP) is 4.97. The molecule has 2 aromatic carbocycles. The number of esters is 1. The van der Waals surface area contributed by atoms with Crippen molar-refractivity contribution in [2.24, 2.45) is 0 Å². The van der Waals surface area contributed by atoms with Gasteiger partial charge in [0.1, 0.15) is 10.6 Å². The molecule has 8 nitrogen and oxygen atoms in total. The molecule has 0 spiro atoms. The van der Waals surface area contributed by atoms with E-state index in [1.165, 1.54) is 29.6 Å². The fourth-order valence-corrected chi connectivity index (χ4v) is 4.90. The summed E-state index contributed by atoms with van der Waals surface area (Å²) in [6.45, 7) is 0.422. The number of hydrogen-bond acceptors (Lipinski definition) is 8. The van der Waals surface area contributed by atoms with Gasteiger partial charge in [0.25, 0.3) is 5.91 Å². The van der Waals surface area contributed by atoms with Crippen molar-refractivity contribution in [3.05, 3.63) is 94.4 Å².